The fraction of sp³-hybridized carbons (Fsp3) is 0.810. The summed E-state index contributed by atoms with van der Waals surface area (Å²) in [5.74, 6) is -0.935. The zero-order valence-corrected chi connectivity index (χ0v) is 18.4. The van der Waals surface area contributed by atoms with Crippen molar-refractivity contribution in [2.24, 2.45) is 17.3 Å². The molecule has 1 heterocycles. The van der Waals surface area contributed by atoms with Crippen molar-refractivity contribution in [3.05, 3.63) is 0 Å². The lowest BCUT2D eigenvalue weighted by atomic mass is 9.84. The van der Waals surface area contributed by atoms with E-state index in [9.17, 15) is 24.4 Å². The Kier molecular flexibility index (Phi) is 9.76. The predicted molar refractivity (Wildman–Crippen MR) is 109 cm³/mol. The number of carbonyl (C=O) groups excluding carboxylic acids is 4. The van der Waals surface area contributed by atoms with E-state index in [-0.39, 0.29) is 36.5 Å². The highest BCUT2D eigenvalue weighted by molar-refractivity contribution is 5.89. The lowest BCUT2D eigenvalue weighted by molar-refractivity contribution is -0.155. The molecule has 0 aliphatic carbocycles. The third-order valence-corrected chi connectivity index (χ3v) is 5.59. The van der Waals surface area contributed by atoms with Gasteiger partial charge in [0.15, 0.2) is 0 Å². The maximum absolute atomic E-state index is 13.2. The molecule has 2 atom stereocenters. The maximum atomic E-state index is 13.2. The molecule has 1 aliphatic heterocycles. The number of nitrogens with one attached hydrogen (secondary N) is 1. The molecule has 1 aliphatic rings. The molecule has 166 valence electrons. The van der Waals surface area contributed by atoms with Crippen LogP contribution in [-0.2, 0) is 19.2 Å². The van der Waals surface area contributed by atoms with E-state index in [1.807, 2.05) is 27.7 Å². The van der Waals surface area contributed by atoms with Crippen molar-refractivity contribution in [1.29, 1.82) is 0 Å². The summed E-state index contributed by atoms with van der Waals surface area (Å²) in [5.41, 5.74) is -0.511. The van der Waals surface area contributed by atoms with Crippen molar-refractivity contribution in [2.45, 2.75) is 72.8 Å². The van der Waals surface area contributed by atoms with Crippen molar-refractivity contribution in [3.8, 4) is 0 Å². The van der Waals surface area contributed by atoms with Gasteiger partial charge in [-0.25, -0.2) is 5.06 Å². The highest BCUT2D eigenvalue weighted by Gasteiger charge is 2.38. The highest BCUT2D eigenvalue weighted by Crippen LogP contribution is 2.25. The molecule has 0 aromatic carbocycles. The van der Waals surface area contributed by atoms with Gasteiger partial charge in [0.05, 0.1) is 12.5 Å². The van der Waals surface area contributed by atoms with E-state index >= 15 is 0 Å². The van der Waals surface area contributed by atoms with E-state index in [1.165, 1.54) is 0 Å². The van der Waals surface area contributed by atoms with E-state index in [1.54, 1.807) is 11.8 Å². The molecule has 2 unspecified atom stereocenters. The number of rotatable bonds is 10. The summed E-state index contributed by atoms with van der Waals surface area (Å²) in [6.07, 6.45) is 3.73. The van der Waals surface area contributed by atoms with Crippen LogP contribution in [0, 0.1) is 17.3 Å². The molecule has 0 spiro atoms. The number of likely N-dealkylation sites (tertiary alicyclic amines) is 1. The van der Waals surface area contributed by atoms with E-state index in [0.717, 1.165) is 12.8 Å². The summed E-state index contributed by atoms with van der Waals surface area (Å²) < 4.78 is 0. The SMILES string of the molecule is CCCCC(CN(O)C=O)C(=O)NC(C(=O)N1CCC(C(C)=O)CC1)C(C)(C)C. The number of ketones is 1. The Labute approximate surface area is 173 Å². The molecule has 3 amide bonds. The Hall–Kier alpha value is -1.96. The van der Waals surface area contributed by atoms with Gasteiger partial charge >= 0.3 is 0 Å². The van der Waals surface area contributed by atoms with Gasteiger partial charge in [0.25, 0.3) is 0 Å². The third kappa shape index (κ3) is 7.76. The number of hydroxylamine groups is 2. The molecular weight excluding hydrogens is 374 g/mol. The monoisotopic (exact) mass is 411 g/mol. The van der Waals surface area contributed by atoms with Crippen LogP contribution in [0.2, 0.25) is 0 Å². The zero-order valence-electron chi connectivity index (χ0n) is 18.4. The molecule has 2 N–H and O–H groups in total. The summed E-state index contributed by atoms with van der Waals surface area (Å²) in [5, 5.41) is 12.9. The van der Waals surface area contributed by atoms with Crippen LogP contribution in [0.5, 0.6) is 0 Å². The molecule has 8 heteroatoms. The maximum Gasteiger partial charge on any atom is 0.245 e. The fourth-order valence-corrected chi connectivity index (χ4v) is 3.62. The molecule has 1 saturated heterocycles. The first kappa shape index (κ1) is 25.1. The van der Waals surface area contributed by atoms with Gasteiger partial charge in [0, 0.05) is 19.0 Å². The quantitative estimate of drug-likeness (QED) is 0.325. The Morgan fingerprint density at radius 1 is 1.24 bits per heavy atom. The van der Waals surface area contributed by atoms with E-state index in [0.29, 0.717) is 37.4 Å². The number of unbranched alkanes of at least 4 members (excludes halogenated alkanes) is 1. The van der Waals surface area contributed by atoms with Crippen LogP contribution in [0.4, 0.5) is 0 Å². The van der Waals surface area contributed by atoms with E-state index < -0.39 is 17.4 Å². The molecule has 0 aromatic heterocycles. The largest absolute Gasteiger partial charge is 0.344 e. The summed E-state index contributed by atoms with van der Waals surface area (Å²) >= 11 is 0. The molecule has 0 saturated carbocycles. The smallest absolute Gasteiger partial charge is 0.245 e. The summed E-state index contributed by atoms with van der Waals surface area (Å²) in [4.78, 5) is 50.2. The minimum Gasteiger partial charge on any atom is -0.344 e. The van der Waals surface area contributed by atoms with Crippen LogP contribution in [0.3, 0.4) is 0 Å². The van der Waals surface area contributed by atoms with Crippen LogP contribution in [0.15, 0.2) is 0 Å². The molecule has 1 fully saturated rings. The van der Waals surface area contributed by atoms with Crippen LogP contribution < -0.4 is 5.32 Å². The number of amides is 3. The fourth-order valence-electron chi connectivity index (χ4n) is 3.62. The van der Waals surface area contributed by atoms with Crippen LogP contribution in [-0.4, -0.2) is 64.9 Å². The van der Waals surface area contributed by atoms with Crippen molar-refractivity contribution in [3.63, 3.8) is 0 Å². The van der Waals surface area contributed by atoms with Gasteiger partial charge in [-0.05, 0) is 31.6 Å². The molecule has 1 rings (SSSR count). The molecular formula is C21H37N3O5. The normalized spacial score (nSPS) is 17.4. The Morgan fingerprint density at radius 3 is 2.28 bits per heavy atom. The average Bonchev–Trinajstić information content (AvgIpc) is 2.67. The third-order valence-electron chi connectivity index (χ3n) is 5.59. The molecule has 8 nitrogen and oxygen atoms in total. The van der Waals surface area contributed by atoms with Gasteiger partial charge in [0.1, 0.15) is 11.8 Å². The van der Waals surface area contributed by atoms with Gasteiger partial charge in [0.2, 0.25) is 18.2 Å². The molecule has 0 radical (unpaired) electrons. The van der Waals surface area contributed by atoms with Crippen LogP contribution in [0.1, 0.15) is 66.7 Å². The minimum absolute atomic E-state index is 0.000898. The van der Waals surface area contributed by atoms with E-state index in [2.05, 4.69) is 5.32 Å². The Bertz CT molecular complexity index is 579. The molecule has 29 heavy (non-hydrogen) atoms. The molecule has 0 bridgehead atoms. The van der Waals surface area contributed by atoms with E-state index in [4.69, 9.17) is 0 Å². The van der Waals surface area contributed by atoms with Gasteiger partial charge in [-0.2, -0.15) is 0 Å². The highest BCUT2D eigenvalue weighted by atomic mass is 16.5. The molecule has 0 aromatic rings. The van der Waals surface area contributed by atoms with Gasteiger partial charge < -0.3 is 10.2 Å². The first-order valence-corrected chi connectivity index (χ1v) is 10.5. The van der Waals surface area contributed by atoms with Crippen molar-refractivity contribution in [1.82, 2.24) is 15.3 Å². The second-order valence-electron chi connectivity index (χ2n) is 9.08. The standard InChI is InChI=1S/C21H37N3O5/c1-6-7-8-17(13-24(29)14-25)19(27)22-18(21(3,4)5)20(28)23-11-9-16(10-12-23)15(2)26/h14,16-18,29H,6-13H2,1-5H3,(H,22,27). The predicted octanol–water partition coefficient (Wildman–Crippen LogP) is 2.00. The first-order chi connectivity index (χ1) is 13.5. The first-order valence-electron chi connectivity index (χ1n) is 10.5. The summed E-state index contributed by atoms with van der Waals surface area (Å²) in [6, 6.07) is -0.726. The van der Waals surface area contributed by atoms with Gasteiger partial charge in [-0.3, -0.25) is 24.4 Å². The number of piperidine rings is 1. The Morgan fingerprint density at radius 2 is 1.83 bits per heavy atom. The average molecular weight is 412 g/mol. The van der Waals surface area contributed by atoms with Crippen molar-refractivity contribution in [2.75, 3.05) is 19.6 Å². The number of Topliss-reactive ketones (excluding diaryl/α,β-unsaturated/α-hetero) is 1. The van der Waals surface area contributed by atoms with Gasteiger partial charge in [-0.1, -0.05) is 40.5 Å². The van der Waals surface area contributed by atoms with Crippen molar-refractivity contribution >= 4 is 24.0 Å². The summed E-state index contributed by atoms with van der Waals surface area (Å²) in [7, 11) is 0. The minimum atomic E-state index is -0.726. The lowest BCUT2D eigenvalue weighted by Crippen LogP contribution is -2.57. The number of nitrogens with zero attached hydrogens (tertiary/aromatic N) is 2. The summed E-state index contributed by atoms with van der Waals surface area (Å²) in [6.45, 7) is 10.2. The Balaban J connectivity index is 2.88. The van der Waals surface area contributed by atoms with Crippen molar-refractivity contribution < 1.29 is 24.4 Å². The van der Waals surface area contributed by atoms with Gasteiger partial charge in [-0.15, -0.1) is 0 Å². The topological polar surface area (TPSA) is 107 Å². The lowest BCUT2D eigenvalue weighted by Gasteiger charge is -2.38. The second-order valence-corrected chi connectivity index (χ2v) is 9.08. The number of hydrogen-bond acceptors (Lipinski definition) is 5. The number of hydrogen-bond donors (Lipinski definition) is 2. The van der Waals surface area contributed by atoms with Crippen LogP contribution >= 0.6 is 0 Å². The number of carbonyl (C=O) groups is 4. The van der Waals surface area contributed by atoms with Crippen LogP contribution in [0.25, 0.3) is 0 Å². The second kappa shape index (κ2) is 11.3. The zero-order chi connectivity index (χ0) is 22.2.